The summed E-state index contributed by atoms with van der Waals surface area (Å²) < 4.78 is 0. The standard InChI is InChI=1S/C72H116N22O29/c1-9-31(5)54(67(118)86-40(20-30(3)4)62(113)83-38(17-18-47(74)100)61(112)92-55(32(6)10-2)68(119)87-42(23-49(76)102)63(114)90-46(29-96)65(116)84-39(71(122)123)12-11-19-79-72(77)78)91-51(104)27-81-59(110)41(21-35-13-15-36(99)16-14-35)85-64(115)44(25-53(107)108)89-70(121)57(34(8)98)94-66(117)45(28-95)82-50(103)26-80-60(111)43(24-52(105)106)88-69(120)56(33(7)97)93-58(109)37(73)22-48(75)101/h13-16,30-34,37-46,54-57,95-99H,9-12,17-29,73H2,1-8H3,(H2,74,100)(H2,75,101)(H2,76,102)(H,80,111)(H,81,110)(H,82,103)(H,83,113)(H,84,116)(H,85,115)(H,86,118)(H,87,119)(H,88,120)(H,89,121)(H,90,114)(H,91,104)(H,92,112)(H,93,109)(H,94,117)(H,105,106)(H,107,108)(H,122,123)(H4,77,78,79)/t31-,32-,33+,34+,37-,38-,39-,40-,41-,42-,43-,44-,45-,46-,54-,55-,56-,57-/m0/s1. The SMILES string of the molecule is CC[C@H](C)[C@H](NC(=O)CNC(=O)[C@H](Cc1ccc(O)cc1)NC(=O)[C@H](CC(=O)O)NC(=O)[C@@H](NC(=O)[C@H](CO)NC(=O)CNC(=O)[C@H](CC(=O)O)NC(=O)[C@@H](NC(=O)[C@@H](N)CC(N)=O)[C@@H](C)O)[C@@H](C)O)C(=O)N[C@@H](CC(C)C)C(=O)N[C@@H](CCC(N)=O)C(=O)N[C@H](C(=O)N[C@@H](CC(N)=O)C(=O)N[C@@H](CO)C(=O)N[C@@H](CCCNC(=N)N)C(=O)O)[C@@H](C)CC. The van der Waals surface area contributed by atoms with Crippen molar-refractivity contribution in [3.8, 4) is 5.75 Å². The number of phenolic OH excluding ortho intramolecular Hbond substituents is 1. The molecule has 0 saturated carbocycles. The van der Waals surface area contributed by atoms with Crippen molar-refractivity contribution in [2.75, 3.05) is 32.8 Å². The van der Waals surface area contributed by atoms with Crippen LogP contribution in [-0.2, 0) is 107 Å². The average Bonchev–Trinajstić information content (AvgIpc) is 0.846. The quantitative estimate of drug-likeness (QED) is 0.0164. The highest BCUT2D eigenvalue weighted by Crippen LogP contribution is 2.17. The smallest absolute Gasteiger partial charge is 0.326 e. The van der Waals surface area contributed by atoms with Crippen LogP contribution in [0.3, 0.4) is 0 Å². The molecule has 18 amide bonds. The van der Waals surface area contributed by atoms with Crippen molar-refractivity contribution in [2.45, 2.75) is 229 Å². The number of hydrogen-bond acceptors (Lipinski definition) is 28. The zero-order chi connectivity index (χ0) is 94.0. The summed E-state index contributed by atoms with van der Waals surface area (Å²) in [5, 5.41) is 123. The molecule has 0 heterocycles. The second-order valence-corrected chi connectivity index (χ2v) is 29.1. The number of aromatic hydroxyl groups is 1. The molecule has 0 unspecified atom stereocenters. The summed E-state index contributed by atoms with van der Waals surface area (Å²) in [5.41, 5.74) is 26.9. The molecule has 0 aliphatic rings. The third-order valence-electron chi connectivity index (χ3n) is 18.3. The molecule has 123 heavy (non-hydrogen) atoms. The second kappa shape index (κ2) is 54.3. The fourth-order valence-corrected chi connectivity index (χ4v) is 11.2. The summed E-state index contributed by atoms with van der Waals surface area (Å²) in [4.78, 5) is 277. The third kappa shape index (κ3) is 40.7. The van der Waals surface area contributed by atoms with E-state index in [9.17, 15) is 142 Å². The molecule has 688 valence electrons. The van der Waals surface area contributed by atoms with Gasteiger partial charge in [0.2, 0.25) is 106 Å². The highest BCUT2D eigenvalue weighted by Gasteiger charge is 2.40. The van der Waals surface area contributed by atoms with Crippen LogP contribution in [0.1, 0.15) is 132 Å². The lowest BCUT2D eigenvalue weighted by molar-refractivity contribution is -0.143. The van der Waals surface area contributed by atoms with Gasteiger partial charge in [0.25, 0.3) is 0 Å². The Morgan fingerprint density at radius 2 is 0.756 bits per heavy atom. The number of aliphatic carboxylic acids is 3. The maximum atomic E-state index is 14.4. The molecule has 0 saturated heterocycles. The van der Waals surface area contributed by atoms with Gasteiger partial charge in [-0.1, -0.05) is 66.5 Å². The van der Waals surface area contributed by atoms with Crippen LogP contribution >= 0.6 is 0 Å². The molecule has 18 atom stereocenters. The van der Waals surface area contributed by atoms with Crippen LogP contribution < -0.4 is 114 Å². The van der Waals surface area contributed by atoms with E-state index in [4.69, 9.17) is 34.1 Å². The van der Waals surface area contributed by atoms with E-state index in [1.165, 1.54) is 38.1 Å². The molecule has 35 N–H and O–H groups in total. The Balaban J connectivity index is 3.52. The molecule has 1 aromatic rings. The second-order valence-electron chi connectivity index (χ2n) is 29.1. The number of hydrogen-bond donors (Lipinski definition) is 30. The topological polar surface area (TPSA) is 867 Å². The van der Waals surface area contributed by atoms with Gasteiger partial charge in [-0.05, 0) is 75.0 Å². The van der Waals surface area contributed by atoms with Crippen molar-refractivity contribution in [1.82, 2.24) is 85.1 Å². The van der Waals surface area contributed by atoms with E-state index in [1.54, 1.807) is 27.7 Å². The lowest BCUT2D eigenvalue weighted by atomic mass is 9.96. The highest BCUT2D eigenvalue weighted by molar-refractivity contribution is 6.02. The predicted molar refractivity (Wildman–Crippen MR) is 424 cm³/mol. The first-order valence-corrected chi connectivity index (χ1v) is 38.6. The highest BCUT2D eigenvalue weighted by atomic mass is 16.4. The largest absolute Gasteiger partial charge is 0.508 e. The van der Waals surface area contributed by atoms with E-state index in [-0.39, 0.29) is 50.0 Å². The molecule has 0 fully saturated rings. The van der Waals surface area contributed by atoms with Crippen molar-refractivity contribution in [3.63, 3.8) is 0 Å². The van der Waals surface area contributed by atoms with Crippen molar-refractivity contribution in [2.24, 2.45) is 46.4 Å². The predicted octanol–water partition coefficient (Wildman–Crippen LogP) is -13.0. The minimum Gasteiger partial charge on any atom is -0.508 e. The van der Waals surface area contributed by atoms with Crippen LogP contribution in [0.4, 0.5) is 0 Å². The van der Waals surface area contributed by atoms with Crippen molar-refractivity contribution < 1.29 is 142 Å². The number of carbonyl (C=O) groups excluding carboxylic acids is 18. The van der Waals surface area contributed by atoms with Gasteiger partial charge >= 0.3 is 17.9 Å². The molecule has 0 bridgehead atoms. The van der Waals surface area contributed by atoms with Crippen molar-refractivity contribution in [1.29, 1.82) is 5.41 Å². The number of carbonyl (C=O) groups is 21. The third-order valence-corrected chi connectivity index (χ3v) is 18.3. The molecule has 0 aliphatic heterocycles. The van der Waals surface area contributed by atoms with Gasteiger partial charge in [-0.15, -0.1) is 0 Å². The van der Waals surface area contributed by atoms with Crippen molar-refractivity contribution >= 4 is 130 Å². The van der Waals surface area contributed by atoms with Crippen LogP contribution in [0.5, 0.6) is 5.75 Å². The first kappa shape index (κ1) is 108. The number of aliphatic hydroxyl groups excluding tert-OH is 4. The first-order chi connectivity index (χ1) is 57.4. The minimum atomic E-state index is -2.19. The van der Waals surface area contributed by atoms with Gasteiger partial charge in [0.15, 0.2) is 5.96 Å². The molecule has 1 aromatic carbocycles. The fraction of sp³-hybridized carbons (Fsp3) is 0.611. The van der Waals surface area contributed by atoms with E-state index in [0.717, 1.165) is 13.8 Å². The number of nitrogens with one attached hydrogen (secondary N) is 17. The lowest BCUT2D eigenvalue weighted by Gasteiger charge is -2.30. The van der Waals surface area contributed by atoms with Gasteiger partial charge in [0.1, 0.15) is 84.3 Å². The molecule has 0 aromatic heterocycles. The Morgan fingerprint density at radius 1 is 0.390 bits per heavy atom. The monoisotopic (exact) mass is 1750 g/mol. The molecular weight excluding hydrogens is 1640 g/mol. The van der Waals surface area contributed by atoms with Crippen LogP contribution in [-0.4, -0.2) is 301 Å². The maximum absolute atomic E-state index is 14.4. The van der Waals surface area contributed by atoms with Crippen molar-refractivity contribution in [3.05, 3.63) is 29.8 Å². The fourth-order valence-electron chi connectivity index (χ4n) is 11.2. The zero-order valence-corrected chi connectivity index (χ0v) is 68.8. The maximum Gasteiger partial charge on any atom is 0.326 e. The van der Waals surface area contributed by atoms with Crippen LogP contribution in [0.25, 0.3) is 0 Å². The van der Waals surface area contributed by atoms with E-state index in [1.807, 2.05) is 31.9 Å². The van der Waals surface area contributed by atoms with Crippen LogP contribution in [0.15, 0.2) is 24.3 Å². The van der Waals surface area contributed by atoms with E-state index >= 15 is 0 Å². The number of nitrogens with two attached hydrogens (primary N) is 5. The van der Waals surface area contributed by atoms with Gasteiger partial charge in [-0.25, -0.2) is 4.79 Å². The van der Waals surface area contributed by atoms with Gasteiger partial charge in [0, 0.05) is 19.4 Å². The summed E-state index contributed by atoms with van der Waals surface area (Å²) in [5.74, 6) is -29.5. The zero-order valence-electron chi connectivity index (χ0n) is 68.8. The first-order valence-electron chi connectivity index (χ1n) is 38.6. The number of carboxylic acids is 3. The summed E-state index contributed by atoms with van der Waals surface area (Å²) in [6, 6.07) is -20.6. The molecule has 51 heteroatoms. The van der Waals surface area contributed by atoms with Gasteiger partial charge < -0.3 is 155 Å². The number of primary amides is 3. The minimum absolute atomic E-state index is 0.0434. The number of amides is 18. The molecule has 51 nitrogen and oxygen atoms in total. The van der Waals surface area contributed by atoms with Crippen LogP contribution in [0.2, 0.25) is 0 Å². The number of aliphatic hydroxyl groups is 4. The molecular formula is C72H116N22O29. The number of carboxylic acid groups (broad SMARTS) is 3. The normalized spacial score (nSPS) is 15.4. The Labute approximate surface area is 703 Å². The Bertz CT molecular complexity index is 3910. The molecule has 1 rings (SSSR count). The molecule has 0 spiro atoms. The number of rotatable bonds is 58. The Kier molecular flexibility index (Phi) is 47.6. The van der Waals surface area contributed by atoms with Gasteiger partial charge in [-0.3, -0.25) is 101 Å². The summed E-state index contributed by atoms with van der Waals surface area (Å²) in [6.45, 7) is 6.96. The van der Waals surface area contributed by atoms with Crippen LogP contribution in [0, 0.1) is 23.2 Å². The summed E-state index contributed by atoms with van der Waals surface area (Å²) >= 11 is 0. The molecule has 0 radical (unpaired) electrons. The summed E-state index contributed by atoms with van der Waals surface area (Å²) in [6.07, 6.45) is -9.35. The van der Waals surface area contributed by atoms with E-state index in [2.05, 4.69) is 53.2 Å². The number of phenols is 1. The Hall–Kier alpha value is -13.0. The lowest BCUT2D eigenvalue weighted by Crippen LogP contribution is -2.62. The van der Waals surface area contributed by atoms with Gasteiger partial charge in [0.05, 0.1) is 70.2 Å². The number of guanidine groups is 1. The van der Waals surface area contributed by atoms with E-state index in [0.29, 0.717) is 0 Å². The number of benzene rings is 1. The summed E-state index contributed by atoms with van der Waals surface area (Å²) in [7, 11) is 0. The Morgan fingerprint density at radius 3 is 1.20 bits per heavy atom. The molecule has 0 aliphatic carbocycles. The van der Waals surface area contributed by atoms with Gasteiger partial charge in [-0.2, -0.15) is 0 Å². The average molecular weight is 1750 g/mol. The van der Waals surface area contributed by atoms with E-state index < -0.39 is 316 Å².